The number of thiophene rings is 1. The van der Waals surface area contributed by atoms with Gasteiger partial charge in [-0.2, -0.15) is 0 Å². The van der Waals surface area contributed by atoms with Gasteiger partial charge in [0.25, 0.3) is 5.91 Å². The Kier molecular flexibility index (Phi) is 5.97. The number of hydrogen-bond acceptors (Lipinski definition) is 5. The Morgan fingerprint density at radius 2 is 2.11 bits per heavy atom. The van der Waals surface area contributed by atoms with Gasteiger partial charge in [-0.1, -0.05) is 0 Å². The summed E-state index contributed by atoms with van der Waals surface area (Å²) in [6.07, 6.45) is 0. The molecule has 0 saturated carbocycles. The van der Waals surface area contributed by atoms with Gasteiger partial charge in [0.2, 0.25) is 5.91 Å². The Morgan fingerprint density at radius 1 is 1.37 bits per heavy atom. The fourth-order valence-corrected chi connectivity index (χ4v) is 2.05. The zero-order valence-corrected chi connectivity index (χ0v) is 11.1. The summed E-state index contributed by atoms with van der Waals surface area (Å²) in [5.41, 5.74) is 0. The maximum Gasteiger partial charge on any atom is 0.329 e. The molecule has 0 atom stereocenters. The van der Waals surface area contributed by atoms with Crippen molar-refractivity contribution in [3.63, 3.8) is 0 Å². The summed E-state index contributed by atoms with van der Waals surface area (Å²) in [6, 6.07) is 3.24. The molecule has 2 amide bonds. The van der Waals surface area contributed by atoms with Gasteiger partial charge >= 0.3 is 5.97 Å². The Bertz CT molecular complexity index is 471. The number of anilines is 1. The lowest BCUT2D eigenvalue weighted by Crippen LogP contribution is -2.27. The molecule has 1 heterocycles. The first-order valence-electron chi connectivity index (χ1n) is 5.44. The second kappa shape index (κ2) is 7.49. The smallest absolute Gasteiger partial charge is 0.329 e. The lowest BCUT2D eigenvalue weighted by molar-refractivity contribution is -0.142. The monoisotopic (exact) mass is 286 g/mol. The summed E-state index contributed by atoms with van der Waals surface area (Å²) >= 11 is 1.16. The number of carbonyl (C=O) groups excluding carboxylic acids is 2. The van der Waals surface area contributed by atoms with Crippen molar-refractivity contribution in [1.82, 2.24) is 5.32 Å². The Morgan fingerprint density at radius 3 is 2.74 bits per heavy atom. The van der Waals surface area contributed by atoms with Crippen LogP contribution in [0, 0.1) is 0 Å². The highest BCUT2D eigenvalue weighted by Gasteiger charge is 2.09. The van der Waals surface area contributed by atoms with Gasteiger partial charge in [0.15, 0.2) is 0 Å². The molecule has 1 rings (SSSR count). The third-order valence-electron chi connectivity index (χ3n) is 1.89. The lowest BCUT2D eigenvalue weighted by Gasteiger charge is -2.03. The Labute approximate surface area is 113 Å². The van der Waals surface area contributed by atoms with Crippen LogP contribution in [0.25, 0.3) is 0 Å². The van der Waals surface area contributed by atoms with Crippen LogP contribution < -0.4 is 10.6 Å². The largest absolute Gasteiger partial charge is 0.480 e. The molecule has 0 aliphatic carbocycles. The summed E-state index contributed by atoms with van der Waals surface area (Å²) in [7, 11) is 0. The maximum atomic E-state index is 11.7. The molecule has 1 aromatic rings. The highest BCUT2D eigenvalue weighted by Crippen LogP contribution is 2.21. The zero-order chi connectivity index (χ0) is 14.3. The van der Waals surface area contributed by atoms with Crippen LogP contribution in [0.15, 0.2) is 12.1 Å². The minimum Gasteiger partial charge on any atom is -0.480 e. The number of carboxylic acids is 1. The van der Waals surface area contributed by atoms with Crippen molar-refractivity contribution in [3.8, 4) is 0 Å². The Balaban J connectivity index is 2.31. The zero-order valence-electron chi connectivity index (χ0n) is 10.3. The van der Waals surface area contributed by atoms with Crippen molar-refractivity contribution < 1.29 is 24.2 Å². The molecule has 1 aromatic heterocycles. The number of carbonyl (C=O) groups is 3. The highest BCUT2D eigenvalue weighted by atomic mass is 32.1. The quantitative estimate of drug-likeness (QED) is 0.634. The van der Waals surface area contributed by atoms with Crippen molar-refractivity contribution in [2.45, 2.75) is 6.92 Å². The minimum absolute atomic E-state index is 0.127. The second-order valence-corrected chi connectivity index (χ2v) is 4.63. The molecule has 0 fully saturated rings. The Hall–Kier alpha value is -1.93. The van der Waals surface area contributed by atoms with E-state index in [1.165, 1.54) is 6.92 Å². The van der Waals surface area contributed by atoms with E-state index in [1.807, 2.05) is 0 Å². The molecule has 0 aromatic carbocycles. The standard InChI is InChI=1S/C11H14N2O5S/c1-7(14)13-9-3-2-8(19-9)11(17)12-4-5-18-6-10(15)16/h2-3H,4-6H2,1H3,(H,12,17)(H,13,14)(H,15,16). The number of nitrogens with one attached hydrogen (secondary N) is 2. The number of hydrogen-bond donors (Lipinski definition) is 3. The molecular weight excluding hydrogens is 272 g/mol. The molecular formula is C11H14N2O5S. The van der Waals surface area contributed by atoms with E-state index >= 15 is 0 Å². The molecule has 0 spiro atoms. The second-order valence-electron chi connectivity index (χ2n) is 3.55. The third-order valence-corrected chi connectivity index (χ3v) is 2.89. The topological polar surface area (TPSA) is 105 Å². The van der Waals surface area contributed by atoms with E-state index in [-0.39, 0.29) is 31.6 Å². The van der Waals surface area contributed by atoms with Crippen LogP contribution in [0.4, 0.5) is 5.00 Å². The summed E-state index contributed by atoms with van der Waals surface area (Å²) in [4.78, 5) is 33.1. The highest BCUT2D eigenvalue weighted by molar-refractivity contribution is 7.18. The molecule has 7 nitrogen and oxygen atoms in total. The van der Waals surface area contributed by atoms with Gasteiger partial charge in [-0.15, -0.1) is 11.3 Å². The van der Waals surface area contributed by atoms with Crippen LogP contribution in [0.5, 0.6) is 0 Å². The molecule has 104 valence electrons. The van der Waals surface area contributed by atoms with Crippen molar-refractivity contribution in [3.05, 3.63) is 17.0 Å². The average molecular weight is 286 g/mol. The predicted molar refractivity (Wildman–Crippen MR) is 69.4 cm³/mol. The van der Waals surface area contributed by atoms with E-state index in [0.717, 1.165) is 11.3 Å². The minimum atomic E-state index is -1.05. The summed E-state index contributed by atoms with van der Waals surface area (Å²) in [5, 5.41) is 14.1. The molecule has 8 heteroatoms. The van der Waals surface area contributed by atoms with Crippen molar-refractivity contribution in [1.29, 1.82) is 0 Å². The molecule has 19 heavy (non-hydrogen) atoms. The maximum absolute atomic E-state index is 11.7. The van der Waals surface area contributed by atoms with Crippen LogP contribution >= 0.6 is 11.3 Å². The van der Waals surface area contributed by atoms with E-state index in [4.69, 9.17) is 9.84 Å². The van der Waals surface area contributed by atoms with E-state index < -0.39 is 5.97 Å². The summed E-state index contributed by atoms with van der Waals surface area (Å²) < 4.78 is 4.77. The van der Waals surface area contributed by atoms with Crippen molar-refractivity contribution >= 4 is 34.1 Å². The van der Waals surface area contributed by atoms with Gasteiger partial charge < -0.3 is 20.5 Å². The van der Waals surface area contributed by atoms with Gasteiger partial charge in [0, 0.05) is 13.5 Å². The first-order valence-corrected chi connectivity index (χ1v) is 6.26. The van der Waals surface area contributed by atoms with Crippen LogP contribution in [0.2, 0.25) is 0 Å². The van der Waals surface area contributed by atoms with Crippen molar-refractivity contribution in [2.75, 3.05) is 25.1 Å². The number of rotatable bonds is 7. The number of carboxylic acid groups (broad SMARTS) is 1. The summed E-state index contributed by atoms with van der Waals surface area (Å²) in [6.45, 7) is 1.35. The molecule has 0 unspecified atom stereocenters. The van der Waals surface area contributed by atoms with Gasteiger partial charge in [-0.25, -0.2) is 4.79 Å². The van der Waals surface area contributed by atoms with Crippen LogP contribution in [0.3, 0.4) is 0 Å². The first-order chi connectivity index (χ1) is 8.99. The molecule has 0 saturated heterocycles. The average Bonchev–Trinajstić information content (AvgIpc) is 2.75. The molecule has 0 bridgehead atoms. The number of amides is 2. The van der Waals surface area contributed by atoms with E-state index in [0.29, 0.717) is 9.88 Å². The number of ether oxygens (including phenoxy) is 1. The summed E-state index contributed by atoms with van der Waals surface area (Å²) in [5.74, 6) is -1.54. The van der Waals surface area contributed by atoms with E-state index in [9.17, 15) is 14.4 Å². The van der Waals surface area contributed by atoms with E-state index in [1.54, 1.807) is 12.1 Å². The fraction of sp³-hybridized carbons (Fsp3) is 0.364. The van der Waals surface area contributed by atoms with Crippen LogP contribution in [-0.4, -0.2) is 42.6 Å². The molecule has 0 radical (unpaired) electrons. The predicted octanol–water partition coefficient (Wildman–Crippen LogP) is 0.537. The first kappa shape index (κ1) is 15.1. The normalized spacial score (nSPS) is 9.95. The molecule has 0 aliphatic heterocycles. The van der Waals surface area contributed by atoms with Crippen LogP contribution in [-0.2, 0) is 14.3 Å². The van der Waals surface area contributed by atoms with Gasteiger partial charge in [-0.05, 0) is 12.1 Å². The van der Waals surface area contributed by atoms with Gasteiger partial charge in [0.1, 0.15) is 6.61 Å². The number of aliphatic carboxylic acids is 1. The third kappa shape index (κ3) is 5.98. The fourth-order valence-electron chi connectivity index (χ4n) is 1.18. The molecule has 3 N–H and O–H groups in total. The van der Waals surface area contributed by atoms with Crippen LogP contribution in [0.1, 0.15) is 16.6 Å². The lowest BCUT2D eigenvalue weighted by atomic mass is 10.4. The SMILES string of the molecule is CC(=O)Nc1ccc(C(=O)NCCOCC(=O)O)s1. The van der Waals surface area contributed by atoms with Crippen molar-refractivity contribution in [2.24, 2.45) is 0 Å². The van der Waals surface area contributed by atoms with Gasteiger partial charge in [0.05, 0.1) is 16.5 Å². The van der Waals surface area contributed by atoms with E-state index in [2.05, 4.69) is 10.6 Å². The van der Waals surface area contributed by atoms with Gasteiger partial charge in [-0.3, -0.25) is 9.59 Å². The molecule has 0 aliphatic rings.